The molecule has 2 aromatic heterocycles. The maximum Gasteiger partial charge on any atom is 0.158 e. The van der Waals surface area contributed by atoms with Gasteiger partial charge in [-0.15, -0.1) is 11.3 Å². The second-order valence-corrected chi connectivity index (χ2v) is 6.99. The number of aromatic nitrogens is 2. The van der Waals surface area contributed by atoms with E-state index >= 15 is 0 Å². The van der Waals surface area contributed by atoms with Crippen molar-refractivity contribution in [2.45, 2.75) is 25.7 Å². The Balaban J connectivity index is 1.64. The Bertz CT molecular complexity index is 952. The van der Waals surface area contributed by atoms with Crippen LogP contribution in [0, 0.1) is 0 Å². The molecule has 0 unspecified atom stereocenters. The molecule has 0 fully saturated rings. The lowest BCUT2D eigenvalue weighted by atomic mass is 9.97. The molecule has 1 aliphatic rings. The Morgan fingerprint density at radius 3 is 3.04 bits per heavy atom. The van der Waals surface area contributed by atoms with Crippen molar-refractivity contribution in [2.75, 3.05) is 12.5 Å². The number of ether oxygens (including phenoxy) is 1. The number of thiophene rings is 1. The number of hydrazone groups is 1. The summed E-state index contributed by atoms with van der Waals surface area (Å²) < 4.78 is 5.17. The van der Waals surface area contributed by atoms with Crippen molar-refractivity contribution >= 4 is 33.6 Å². The minimum atomic E-state index is 0.145. The van der Waals surface area contributed by atoms with Crippen LogP contribution in [0.2, 0.25) is 0 Å². The number of nitrogens with zero attached hydrogens (tertiary/aromatic N) is 3. The molecule has 2 N–H and O–H groups in total. The lowest BCUT2D eigenvalue weighted by Crippen LogP contribution is -2.01. The molecule has 4 rings (SSSR count). The highest BCUT2D eigenvalue weighted by Crippen LogP contribution is 2.38. The topological polar surface area (TPSA) is 79.6 Å². The highest BCUT2D eigenvalue weighted by molar-refractivity contribution is 7.19. The van der Waals surface area contributed by atoms with Crippen molar-refractivity contribution in [3.8, 4) is 11.5 Å². The third kappa shape index (κ3) is 3.02. The van der Waals surface area contributed by atoms with Crippen molar-refractivity contribution in [3.63, 3.8) is 0 Å². The third-order valence-corrected chi connectivity index (χ3v) is 5.56. The van der Waals surface area contributed by atoms with Gasteiger partial charge in [-0.2, -0.15) is 5.10 Å². The fourth-order valence-electron chi connectivity index (χ4n) is 3.10. The number of methoxy groups -OCH3 is 1. The number of hydrogen-bond acceptors (Lipinski definition) is 7. The van der Waals surface area contributed by atoms with Gasteiger partial charge in [0.2, 0.25) is 0 Å². The molecule has 1 aliphatic carbocycles. The van der Waals surface area contributed by atoms with Gasteiger partial charge >= 0.3 is 0 Å². The van der Waals surface area contributed by atoms with E-state index < -0.39 is 0 Å². The molecule has 128 valence electrons. The van der Waals surface area contributed by atoms with Crippen molar-refractivity contribution in [1.82, 2.24) is 9.97 Å². The molecule has 0 spiro atoms. The normalized spacial score (nSPS) is 14.0. The van der Waals surface area contributed by atoms with Crippen LogP contribution in [0.4, 0.5) is 5.82 Å². The lowest BCUT2D eigenvalue weighted by Gasteiger charge is -2.11. The summed E-state index contributed by atoms with van der Waals surface area (Å²) in [6, 6.07) is 5.01. The predicted molar refractivity (Wildman–Crippen MR) is 99.9 cm³/mol. The smallest absolute Gasteiger partial charge is 0.158 e. The van der Waals surface area contributed by atoms with Gasteiger partial charge in [-0.05, 0) is 49.4 Å². The number of benzene rings is 1. The minimum absolute atomic E-state index is 0.145. The van der Waals surface area contributed by atoms with Crippen LogP contribution in [0.5, 0.6) is 11.5 Å². The summed E-state index contributed by atoms with van der Waals surface area (Å²) in [4.78, 5) is 11.2. The molecule has 2 heterocycles. The molecule has 3 aromatic rings. The van der Waals surface area contributed by atoms with E-state index in [0.29, 0.717) is 17.1 Å². The lowest BCUT2D eigenvalue weighted by molar-refractivity contribution is 0.412. The number of phenols is 1. The van der Waals surface area contributed by atoms with Crippen molar-refractivity contribution in [3.05, 3.63) is 40.5 Å². The number of aryl methyl sites for hydroxylation is 2. The SMILES string of the molecule is COc1ccc(O)c(/C=N/Nc2ncnc3sc4c(c23)CCCC4)c1. The number of fused-ring (bicyclic) bond motifs is 3. The summed E-state index contributed by atoms with van der Waals surface area (Å²) >= 11 is 1.75. The zero-order chi connectivity index (χ0) is 17.2. The molecule has 6 nitrogen and oxygen atoms in total. The summed E-state index contributed by atoms with van der Waals surface area (Å²) in [6.45, 7) is 0. The van der Waals surface area contributed by atoms with Crippen LogP contribution >= 0.6 is 11.3 Å². The summed E-state index contributed by atoms with van der Waals surface area (Å²) in [5, 5.41) is 15.3. The number of aromatic hydroxyl groups is 1. The summed E-state index contributed by atoms with van der Waals surface area (Å²) in [6.07, 6.45) is 7.75. The maximum atomic E-state index is 9.93. The Morgan fingerprint density at radius 1 is 1.28 bits per heavy atom. The molecule has 0 atom stereocenters. The highest BCUT2D eigenvalue weighted by Gasteiger charge is 2.19. The summed E-state index contributed by atoms with van der Waals surface area (Å²) in [7, 11) is 1.59. The van der Waals surface area contributed by atoms with Crippen molar-refractivity contribution in [1.29, 1.82) is 0 Å². The quantitative estimate of drug-likeness (QED) is 0.551. The van der Waals surface area contributed by atoms with Crippen LogP contribution in [-0.2, 0) is 12.8 Å². The molecule has 0 amide bonds. The van der Waals surface area contributed by atoms with Gasteiger partial charge in [0.15, 0.2) is 5.82 Å². The number of rotatable bonds is 4. The van der Waals surface area contributed by atoms with E-state index in [9.17, 15) is 5.11 Å². The highest BCUT2D eigenvalue weighted by atomic mass is 32.1. The molecule has 25 heavy (non-hydrogen) atoms. The molecular weight excluding hydrogens is 336 g/mol. The first-order valence-electron chi connectivity index (χ1n) is 8.17. The average Bonchev–Trinajstić information content (AvgIpc) is 3.02. The Kier molecular flexibility index (Phi) is 4.23. The van der Waals surface area contributed by atoms with Crippen LogP contribution in [-0.4, -0.2) is 28.4 Å². The van der Waals surface area contributed by atoms with E-state index in [1.54, 1.807) is 49.2 Å². The van der Waals surface area contributed by atoms with Crippen LogP contribution < -0.4 is 10.2 Å². The second kappa shape index (κ2) is 6.68. The van der Waals surface area contributed by atoms with E-state index in [2.05, 4.69) is 20.5 Å². The molecule has 7 heteroatoms. The fourth-order valence-corrected chi connectivity index (χ4v) is 4.33. The molecule has 0 aliphatic heterocycles. The number of hydrogen-bond donors (Lipinski definition) is 2. The van der Waals surface area contributed by atoms with Gasteiger partial charge in [0.05, 0.1) is 18.7 Å². The monoisotopic (exact) mass is 354 g/mol. The van der Waals surface area contributed by atoms with Crippen LogP contribution in [0.3, 0.4) is 0 Å². The minimum Gasteiger partial charge on any atom is -0.507 e. The van der Waals surface area contributed by atoms with Gasteiger partial charge in [-0.25, -0.2) is 9.97 Å². The Hall–Kier alpha value is -2.67. The molecule has 1 aromatic carbocycles. The summed E-state index contributed by atoms with van der Waals surface area (Å²) in [5.41, 5.74) is 4.94. The molecular formula is C18H18N4O2S. The van der Waals surface area contributed by atoms with Crippen LogP contribution in [0.15, 0.2) is 29.6 Å². The number of nitrogens with one attached hydrogen (secondary N) is 1. The molecule has 0 saturated heterocycles. The van der Waals surface area contributed by atoms with E-state index in [4.69, 9.17) is 4.74 Å². The van der Waals surface area contributed by atoms with Gasteiger partial charge in [-0.1, -0.05) is 0 Å². The van der Waals surface area contributed by atoms with Crippen molar-refractivity contribution < 1.29 is 9.84 Å². The Morgan fingerprint density at radius 2 is 2.16 bits per heavy atom. The van der Waals surface area contributed by atoms with Gasteiger partial charge in [-0.3, -0.25) is 5.43 Å². The molecule has 0 bridgehead atoms. The second-order valence-electron chi connectivity index (χ2n) is 5.91. The average molecular weight is 354 g/mol. The molecule has 0 radical (unpaired) electrons. The summed E-state index contributed by atoms with van der Waals surface area (Å²) in [5.74, 6) is 1.52. The van der Waals surface area contributed by atoms with E-state index in [0.717, 1.165) is 23.1 Å². The maximum absolute atomic E-state index is 9.93. The standard InChI is InChI=1S/C18H18N4O2S/c1-24-12-6-7-14(23)11(8-12)9-21-22-17-16-13-4-2-3-5-15(13)25-18(16)20-10-19-17/h6-10,23H,2-5H2,1H3,(H,19,20,22)/b21-9+. The molecule has 0 saturated carbocycles. The number of phenolic OH excluding ortho intramolecular Hbond substituents is 1. The fraction of sp³-hybridized carbons (Fsp3) is 0.278. The van der Waals surface area contributed by atoms with E-state index in [1.165, 1.54) is 23.3 Å². The largest absolute Gasteiger partial charge is 0.507 e. The first kappa shape index (κ1) is 15.8. The van der Waals surface area contributed by atoms with E-state index in [-0.39, 0.29) is 5.75 Å². The predicted octanol–water partition coefficient (Wildman–Crippen LogP) is 3.73. The van der Waals surface area contributed by atoms with Crippen LogP contribution in [0.25, 0.3) is 10.2 Å². The van der Waals surface area contributed by atoms with E-state index in [1.807, 2.05) is 0 Å². The van der Waals surface area contributed by atoms with Gasteiger partial charge < -0.3 is 9.84 Å². The zero-order valence-electron chi connectivity index (χ0n) is 13.8. The van der Waals surface area contributed by atoms with Gasteiger partial charge in [0, 0.05) is 10.4 Å². The van der Waals surface area contributed by atoms with Crippen LogP contribution in [0.1, 0.15) is 28.8 Å². The Labute approximate surface area is 149 Å². The van der Waals surface area contributed by atoms with Gasteiger partial charge in [0.1, 0.15) is 22.7 Å². The first-order valence-corrected chi connectivity index (χ1v) is 8.99. The zero-order valence-corrected chi connectivity index (χ0v) is 14.6. The first-order chi connectivity index (χ1) is 12.3. The van der Waals surface area contributed by atoms with Gasteiger partial charge in [0.25, 0.3) is 0 Å². The van der Waals surface area contributed by atoms with Crippen molar-refractivity contribution in [2.24, 2.45) is 5.10 Å². The third-order valence-electron chi connectivity index (χ3n) is 4.36. The number of anilines is 1.